The Morgan fingerprint density at radius 3 is 2.45 bits per heavy atom. The van der Waals surface area contributed by atoms with Crippen LogP contribution in [-0.2, 0) is 0 Å². The second-order valence-corrected chi connectivity index (χ2v) is 4.94. The fourth-order valence-electron chi connectivity index (χ4n) is 1.93. The average Bonchev–Trinajstić information content (AvgIpc) is 3.23. The summed E-state index contributed by atoms with van der Waals surface area (Å²) in [5, 5.41) is 2.69. The fourth-order valence-corrected chi connectivity index (χ4v) is 1.93. The smallest absolute Gasteiger partial charge is 0.149 e. The number of halogens is 2. The predicted octanol–water partition coefficient (Wildman–Crippen LogP) is 3.27. The van der Waals surface area contributed by atoms with E-state index in [4.69, 9.17) is 5.73 Å². The number of hydrogen-bond acceptors (Lipinski definition) is 4. The van der Waals surface area contributed by atoms with Gasteiger partial charge in [-0.3, -0.25) is 0 Å². The van der Waals surface area contributed by atoms with Gasteiger partial charge in [0.1, 0.15) is 34.8 Å². The molecule has 0 amide bonds. The standard InChI is InChI=1S/C14H14F2N4/c1-7-12(17)19-14(8-5-6-8)20-13(7)18-11-9(15)3-2-4-10(11)16/h2-4,8H,5-6H2,1H3,(H3,17,18,19,20). The Morgan fingerprint density at radius 2 is 1.85 bits per heavy atom. The van der Waals surface area contributed by atoms with Gasteiger partial charge in [0.05, 0.1) is 0 Å². The largest absolute Gasteiger partial charge is 0.383 e. The molecule has 1 fully saturated rings. The number of nitrogen functional groups attached to an aromatic ring is 1. The molecule has 3 rings (SSSR count). The highest BCUT2D eigenvalue weighted by molar-refractivity contribution is 5.64. The average molecular weight is 276 g/mol. The summed E-state index contributed by atoms with van der Waals surface area (Å²) in [4.78, 5) is 8.56. The zero-order valence-electron chi connectivity index (χ0n) is 11.0. The van der Waals surface area contributed by atoms with Crippen molar-refractivity contribution in [2.24, 2.45) is 0 Å². The second kappa shape index (κ2) is 4.70. The normalized spacial score (nSPS) is 14.3. The SMILES string of the molecule is Cc1c(N)nc(C2CC2)nc1Nc1c(F)cccc1F. The maximum atomic E-state index is 13.7. The molecule has 3 N–H and O–H groups in total. The van der Waals surface area contributed by atoms with Gasteiger partial charge in [0, 0.05) is 11.5 Å². The van der Waals surface area contributed by atoms with Crippen molar-refractivity contribution in [3.63, 3.8) is 0 Å². The number of nitrogens with one attached hydrogen (secondary N) is 1. The van der Waals surface area contributed by atoms with Crippen LogP contribution in [0.1, 0.15) is 30.1 Å². The number of aromatic nitrogens is 2. The molecule has 20 heavy (non-hydrogen) atoms. The number of nitrogens with zero attached hydrogens (tertiary/aromatic N) is 2. The van der Waals surface area contributed by atoms with Crippen LogP contribution < -0.4 is 11.1 Å². The van der Waals surface area contributed by atoms with E-state index >= 15 is 0 Å². The molecule has 0 atom stereocenters. The summed E-state index contributed by atoms with van der Waals surface area (Å²) in [5.41, 5.74) is 6.19. The zero-order chi connectivity index (χ0) is 14.3. The first kappa shape index (κ1) is 12.8. The minimum atomic E-state index is -0.672. The third kappa shape index (κ3) is 2.29. The highest BCUT2D eigenvalue weighted by atomic mass is 19.1. The lowest BCUT2D eigenvalue weighted by Gasteiger charge is -2.13. The lowest BCUT2D eigenvalue weighted by Crippen LogP contribution is -2.08. The van der Waals surface area contributed by atoms with Crippen LogP contribution in [0.2, 0.25) is 0 Å². The highest BCUT2D eigenvalue weighted by Gasteiger charge is 2.28. The molecule has 6 heteroatoms. The molecule has 4 nitrogen and oxygen atoms in total. The molecule has 1 aliphatic carbocycles. The molecular formula is C14H14F2N4. The summed E-state index contributed by atoms with van der Waals surface area (Å²) in [7, 11) is 0. The molecule has 2 aromatic rings. The van der Waals surface area contributed by atoms with E-state index < -0.39 is 11.6 Å². The van der Waals surface area contributed by atoms with Crippen molar-refractivity contribution in [2.45, 2.75) is 25.7 Å². The van der Waals surface area contributed by atoms with E-state index in [1.165, 1.54) is 18.2 Å². The van der Waals surface area contributed by atoms with E-state index in [0.29, 0.717) is 28.9 Å². The third-order valence-corrected chi connectivity index (χ3v) is 3.35. The van der Waals surface area contributed by atoms with E-state index in [-0.39, 0.29) is 5.69 Å². The molecule has 1 saturated carbocycles. The van der Waals surface area contributed by atoms with Crippen molar-refractivity contribution in [3.8, 4) is 0 Å². The molecule has 0 spiro atoms. The van der Waals surface area contributed by atoms with Gasteiger partial charge in [-0.15, -0.1) is 0 Å². The van der Waals surface area contributed by atoms with E-state index in [9.17, 15) is 8.78 Å². The Morgan fingerprint density at radius 1 is 1.20 bits per heavy atom. The monoisotopic (exact) mass is 276 g/mol. The van der Waals surface area contributed by atoms with Crippen LogP contribution in [0.15, 0.2) is 18.2 Å². The van der Waals surface area contributed by atoms with Crippen LogP contribution in [0.5, 0.6) is 0 Å². The molecule has 0 aliphatic heterocycles. The van der Waals surface area contributed by atoms with Crippen molar-refractivity contribution in [1.29, 1.82) is 0 Å². The zero-order valence-corrected chi connectivity index (χ0v) is 11.0. The Kier molecular flexibility index (Phi) is 3.00. The van der Waals surface area contributed by atoms with E-state index in [1.54, 1.807) is 6.92 Å². The summed E-state index contributed by atoms with van der Waals surface area (Å²) < 4.78 is 27.3. The first-order valence-corrected chi connectivity index (χ1v) is 6.41. The van der Waals surface area contributed by atoms with Crippen LogP contribution >= 0.6 is 0 Å². The van der Waals surface area contributed by atoms with Crippen LogP contribution in [0, 0.1) is 18.6 Å². The molecule has 0 unspecified atom stereocenters. The lowest BCUT2D eigenvalue weighted by molar-refractivity contribution is 0.590. The number of benzene rings is 1. The summed E-state index contributed by atoms with van der Waals surface area (Å²) >= 11 is 0. The molecule has 0 saturated heterocycles. The molecule has 1 heterocycles. The Bertz CT molecular complexity index is 648. The van der Waals surface area contributed by atoms with Crippen LogP contribution in [0.3, 0.4) is 0 Å². The summed E-state index contributed by atoms with van der Waals surface area (Å²) in [6.07, 6.45) is 2.05. The van der Waals surface area contributed by atoms with Crippen LogP contribution in [0.4, 0.5) is 26.1 Å². The molecule has 1 aromatic carbocycles. The number of nitrogens with two attached hydrogens (primary N) is 1. The van der Waals surface area contributed by atoms with Crippen molar-refractivity contribution in [3.05, 3.63) is 41.2 Å². The van der Waals surface area contributed by atoms with Crippen LogP contribution in [0.25, 0.3) is 0 Å². The number of rotatable bonds is 3. The fraction of sp³-hybridized carbons (Fsp3) is 0.286. The molecule has 1 aromatic heterocycles. The summed E-state index contributed by atoms with van der Waals surface area (Å²) in [6.45, 7) is 1.72. The summed E-state index contributed by atoms with van der Waals surface area (Å²) in [5.74, 6) is 0.282. The van der Waals surface area contributed by atoms with Crippen molar-refractivity contribution in [1.82, 2.24) is 9.97 Å². The third-order valence-electron chi connectivity index (χ3n) is 3.35. The quantitative estimate of drug-likeness (QED) is 0.903. The van der Waals surface area contributed by atoms with Gasteiger partial charge in [-0.2, -0.15) is 0 Å². The maximum Gasteiger partial charge on any atom is 0.149 e. The first-order valence-electron chi connectivity index (χ1n) is 6.41. The van der Waals surface area contributed by atoms with E-state index in [2.05, 4.69) is 15.3 Å². The lowest BCUT2D eigenvalue weighted by atomic mass is 10.2. The summed E-state index contributed by atoms with van der Waals surface area (Å²) in [6, 6.07) is 3.69. The van der Waals surface area contributed by atoms with Crippen molar-refractivity contribution < 1.29 is 8.78 Å². The second-order valence-electron chi connectivity index (χ2n) is 4.94. The highest BCUT2D eigenvalue weighted by Crippen LogP contribution is 2.39. The van der Waals surface area contributed by atoms with Crippen molar-refractivity contribution >= 4 is 17.3 Å². The Labute approximate surface area is 115 Å². The van der Waals surface area contributed by atoms with Gasteiger partial charge in [-0.1, -0.05) is 6.07 Å². The maximum absolute atomic E-state index is 13.7. The van der Waals surface area contributed by atoms with Crippen molar-refractivity contribution in [2.75, 3.05) is 11.1 Å². The van der Waals surface area contributed by atoms with Gasteiger partial charge in [0.2, 0.25) is 0 Å². The minimum Gasteiger partial charge on any atom is -0.383 e. The number of anilines is 3. The van der Waals surface area contributed by atoms with Gasteiger partial charge in [0.15, 0.2) is 0 Å². The molecule has 1 aliphatic rings. The minimum absolute atomic E-state index is 0.226. The van der Waals surface area contributed by atoms with Crippen LogP contribution in [-0.4, -0.2) is 9.97 Å². The van der Waals surface area contributed by atoms with E-state index in [1.807, 2.05) is 0 Å². The Hall–Kier alpha value is -2.24. The van der Waals surface area contributed by atoms with Gasteiger partial charge in [0.25, 0.3) is 0 Å². The molecule has 0 bridgehead atoms. The predicted molar refractivity (Wildman–Crippen MR) is 72.8 cm³/mol. The van der Waals surface area contributed by atoms with Gasteiger partial charge < -0.3 is 11.1 Å². The first-order chi connectivity index (χ1) is 9.56. The topological polar surface area (TPSA) is 63.8 Å². The number of para-hydroxylation sites is 1. The van der Waals surface area contributed by atoms with Gasteiger partial charge >= 0.3 is 0 Å². The van der Waals surface area contributed by atoms with Gasteiger partial charge in [-0.05, 0) is 31.9 Å². The Balaban J connectivity index is 2.01. The molecular weight excluding hydrogens is 262 g/mol. The number of hydrogen-bond donors (Lipinski definition) is 2. The molecule has 104 valence electrons. The molecule has 0 radical (unpaired) electrons. The van der Waals surface area contributed by atoms with E-state index in [0.717, 1.165) is 12.8 Å². The van der Waals surface area contributed by atoms with Gasteiger partial charge in [-0.25, -0.2) is 18.7 Å².